The van der Waals surface area contributed by atoms with Gasteiger partial charge in [0.15, 0.2) is 0 Å². The smallest absolute Gasteiger partial charge is 0.315 e. The molecule has 2 N–H and O–H groups in total. The largest absolute Gasteiger partial charge is 0.338 e. The van der Waals surface area contributed by atoms with Gasteiger partial charge in [-0.1, -0.05) is 26.2 Å². The van der Waals surface area contributed by atoms with Crippen LogP contribution < -0.4 is 10.6 Å². The van der Waals surface area contributed by atoms with E-state index in [1.165, 1.54) is 19.3 Å². The van der Waals surface area contributed by atoms with E-state index in [-0.39, 0.29) is 11.6 Å². The minimum absolute atomic E-state index is 0.0611. The number of hydrogen-bond acceptors (Lipinski definition) is 1. The average molecular weight is 200 g/mol. The summed E-state index contributed by atoms with van der Waals surface area (Å²) in [6.07, 6.45) is 4.76. The zero-order valence-electron chi connectivity index (χ0n) is 9.94. The van der Waals surface area contributed by atoms with E-state index in [1.807, 2.05) is 20.8 Å². The van der Waals surface area contributed by atoms with Crippen molar-refractivity contribution in [3.8, 4) is 0 Å². The molecule has 0 heterocycles. The van der Waals surface area contributed by atoms with Crippen LogP contribution in [0.5, 0.6) is 0 Å². The second kappa shape index (κ2) is 6.68. The van der Waals surface area contributed by atoms with Gasteiger partial charge in [0, 0.05) is 12.1 Å². The monoisotopic (exact) mass is 200 g/mol. The molecule has 0 atom stereocenters. The molecule has 3 heteroatoms. The number of carbonyl (C=O) groups is 1. The Hall–Kier alpha value is -0.730. The molecule has 0 aromatic carbocycles. The lowest BCUT2D eigenvalue weighted by molar-refractivity contribution is 0.232. The first-order chi connectivity index (χ1) is 6.45. The van der Waals surface area contributed by atoms with Crippen molar-refractivity contribution in [3.05, 3.63) is 0 Å². The SMILES string of the molecule is CCCCCCNC(=O)NC(C)(C)C. The first-order valence-electron chi connectivity index (χ1n) is 5.51. The third-order valence-corrected chi connectivity index (χ3v) is 1.80. The molecule has 0 unspecified atom stereocenters. The van der Waals surface area contributed by atoms with Crippen molar-refractivity contribution in [2.45, 2.75) is 58.9 Å². The molecule has 0 aliphatic carbocycles. The van der Waals surface area contributed by atoms with Gasteiger partial charge in [0.25, 0.3) is 0 Å². The van der Waals surface area contributed by atoms with E-state index in [9.17, 15) is 4.79 Å². The van der Waals surface area contributed by atoms with Crippen molar-refractivity contribution in [1.82, 2.24) is 10.6 Å². The van der Waals surface area contributed by atoms with Gasteiger partial charge in [0.05, 0.1) is 0 Å². The highest BCUT2D eigenvalue weighted by atomic mass is 16.2. The Morgan fingerprint density at radius 1 is 1.14 bits per heavy atom. The molecule has 0 saturated carbocycles. The topological polar surface area (TPSA) is 41.1 Å². The Morgan fingerprint density at radius 3 is 2.29 bits per heavy atom. The molecule has 0 aromatic heterocycles. The zero-order valence-corrected chi connectivity index (χ0v) is 9.94. The summed E-state index contributed by atoms with van der Waals surface area (Å²) in [5.41, 5.74) is -0.145. The molecule has 0 aliphatic rings. The molecule has 14 heavy (non-hydrogen) atoms. The van der Waals surface area contributed by atoms with E-state index in [0.29, 0.717) is 0 Å². The Morgan fingerprint density at radius 2 is 1.79 bits per heavy atom. The van der Waals surface area contributed by atoms with Gasteiger partial charge in [0.1, 0.15) is 0 Å². The number of carbonyl (C=O) groups excluding carboxylic acids is 1. The number of amides is 2. The van der Waals surface area contributed by atoms with E-state index >= 15 is 0 Å². The molecule has 3 nitrogen and oxygen atoms in total. The predicted molar refractivity (Wildman–Crippen MR) is 60.4 cm³/mol. The summed E-state index contributed by atoms with van der Waals surface area (Å²) in [5, 5.41) is 5.71. The summed E-state index contributed by atoms with van der Waals surface area (Å²) in [6, 6.07) is -0.0611. The first kappa shape index (κ1) is 13.3. The summed E-state index contributed by atoms with van der Waals surface area (Å²) in [5.74, 6) is 0. The van der Waals surface area contributed by atoms with Crippen molar-refractivity contribution in [1.29, 1.82) is 0 Å². The van der Waals surface area contributed by atoms with Crippen molar-refractivity contribution in [3.63, 3.8) is 0 Å². The molecule has 0 rings (SSSR count). The van der Waals surface area contributed by atoms with Crippen LogP contribution >= 0.6 is 0 Å². The highest BCUT2D eigenvalue weighted by molar-refractivity contribution is 5.74. The highest BCUT2D eigenvalue weighted by Crippen LogP contribution is 1.99. The number of urea groups is 1. The van der Waals surface area contributed by atoms with Crippen molar-refractivity contribution < 1.29 is 4.79 Å². The third-order valence-electron chi connectivity index (χ3n) is 1.80. The van der Waals surface area contributed by atoms with Crippen LogP contribution in [0.1, 0.15) is 53.4 Å². The van der Waals surface area contributed by atoms with Gasteiger partial charge < -0.3 is 10.6 Å². The molecule has 0 bridgehead atoms. The minimum Gasteiger partial charge on any atom is -0.338 e. The lowest BCUT2D eigenvalue weighted by Gasteiger charge is -2.20. The number of unbranched alkanes of at least 4 members (excludes halogenated alkanes) is 3. The van der Waals surface area contributed by atoms with Crippen LogP contribution in [0, 0.1) is 0 Å². The molecule has 0 saturated heterocycles. The van der Waals surface area contributed by atoms with Gasteiger partial charge in [-0.2, -0.15) is 0 Å². The molecule has 0 radical (unpaired) electrons. The number of nitrogens with one attached hydrogen (secondary N) is 2. The van der Waals surface area contributed by atoms with E-state index in [1.54, 1.807) is 0 Å². The Bertz CT molecular complexity index is 161. The Labute approximate surface area is 87.6 Å². The zero-order chi connectivity index (χ0) is 11.0. The number of hydrogen-bond donors (Lipinski definition) is 2. The van der Waals surface area contributed by atoms with Crippen LogP contribution in [-0.4, -0.2) is 18.1 Å². The maximum atomic E-state index is 11.3. The normalized spacial score (nSPS) is 11.1. The highest BCUT2D eigenvalue weighted by Gasteiger charge is 2.12. The molecule has 0 spiro atoms. The van der Waals surface area contributed by atoms with Crippen molar-refractivity contribution in [2.24, 2.45) is 0 Å². The quantitative estimate of drug-likeness (QED) is 0.658. The second-order valence-electron chi connectivity index (χ2n) is 4.69. The van der Waals surface area contributed by atoms with Crippen LogP contribution in [0.15, 0.2) is 0 Å². The summed E-state index contributed by atoms with van der Waals surface area (Å²) >= 11 is 0. The van der Waals surface area contributed by atoms with Gasteiger partial charge in [-0.05, 0) is 27.2 Å². The summed E-state index contributed by atoms with van der Waals surface area (Å²) < 4.78 is 0. The van der Waals surface area contributed by atoms with Gasteiger partial charge >= 0.3 is 6.03 Å². The summed E-state index contributed by atoms with van der Waals surface area (Å²) in [6.45, 7) is 8.89. The van der Waals surface area contributed by atoms with Gasteiger partial charge in [-0.15, -0.1) is 0 Å². The van der Waals surface area contributed by atoms with Gasteiger partial charge in [-0.3, -0.25) is 0 Å². The van der Waals surface area contributed by atoms with Crippen LogP contribution in [0.2, 0.25) is 0 Å². The fraction of sp³-hybridized carbons (Fsp3) is 0.909. The lowest BCUT2D eigenvalue weighted by Crippen LogP contribution is -2.46. The second-order valence-corrected chi connectivity index (χ2v) is 4.69. The van der Waals surface area contributed by atoms with Crippen molar-refractivity contribution >= 4 is 6.03 Å². The van der Waals surface area contributed by atoms with Gasteiger partial charge in [-0.25, -0.2) is 4.79 Å². The number of rotatable bonds is 5. The molecule has 0 fully saturated rings. The summed E-state index contributed by atoms with van der Waals surface area (Å²) in [4.78, 5) is 11.3. The molecule has 0 aromatic rings. The molecule has 84 valence electrons. The van der Waals surface area contributed by atoms with E-state index in [0.717, 1.165) is 13.0 Å². The van der Waals surface area contributed by atoms with Crippen LogP contribution in [0.3, 0.4) is 0 Å². The van der Waals surface area contributed by atoms with Crippen molar-refractivity contribution in [2.75, 3.05) is 6.54 Å². The standard InChI is InChI=1S/C11H24N2O/c1-5-6-7-8-9-12-10(14)13-11(2,3)4/h5-9H2,1-4H3,(H2,12,13,14). The molecular formula is C11H24N2O. The average Bonchev–Trinajstić information content (AvgIpc) is 2.00. The van der Waals surface area contributed by atoms with E-state index < -0.39 is 0 Å². The predicted octanol–water partition coefficient (Wildman–Crippen LogP) is 2.66. The third kappa shape index (κ3) is 9.36. The summed E-state index contributed by atoms with van der Waals surface area (Å²) in [7, 11) is 0. The van der Waals surface area contributed by atoms with Crippen LogP contribution in [0.4, 0.5) is 4.79 Å². The fourth-order valence-electron chi connectivity index (χ4n) is 1.14. The first-order valence-corrected chi connectivity index (χ1v) is 5.51. The molecule has 0 aliphatic heterocycles. The van der Waals surface area contributed by atoms with Gasteiger partial charge in [0.2, 0.25) is 0 Å². The van der Waals surface area contributed by atoms with Crippen LogP contribution in [-0.2, 0) is 0 Å². The molecule has 2 amide bonds. The Balaban J connectivity index is 3.36. The maximum Gasteiger partial charge on any atom is 0.315 e. The van der Waals surface area contributed by atoms with Crippen LogP contribution in [0.25, 0.3) is 0 Å². The maximum absolute atomic E-state index is 11.3. The fourth-order valence-corrected chi connectivity index (χ4v) is 1.14. The Kier molecular flexibility index (Phi) is 6.34. The lowest BCUT2D eigenvalue weighted by atomic mass is 10.1. The minimum atomic E-state index is -0.145. The molecular weight excluding hydrogens is 176 g/mol. The van der Waals surface area contributed by atoms with E-state index in [4.69, 9.17) is 0 Å². The van der Waals surface area contributed by atoms with E-state index in [2.05, 4.69) is 17.6 Å².